The molecule has 0 heterocycles. The van der Waals surface area contributed by atoms with Gasteiger partial charge in [-0.05, 0) is 20.7 Å². The highest BCUT2D eigenvalue weighted by atomic mass is 16.1. The summed E-state index contributed by atoms with van der Waals surface area (Å²) in [6.45, 7) is 5.40. The second-order valence-electron chi connectivity index (χ2n) is 1.93. The number of hydrogen-bond acceptors (Lipinski definition) is 3. The molecule has 0 spiro atoms. The lowest BCUT2D eigenvalue weighted by Gasteiger charge is -1.96. The first kappa shape index (κ1) is 9.04. The van der Waals surface area contributed by atoms with Gasteiger partial charge in [0.25, 0.3) is 0 Å². The molecule has 56 valence electrons. The van der Waals surface area contributed by atoms with Crippen LogP contribution in [0, 0.1) is 0 Å². The van der Waals surface area contributed by atoms with E-state index in [1.165, 1.54) is 13.0 Å². The first-order chi connectivity index (χ1) is 4.70. The number of aliphatic imine (C=N–C) groups is 1. The molecule has 0 aliphatic rings. The van der Waals surface area contributed by atoms with Crippen LogP contribution in [0.4, 0.5) is 0 Å². The van der Waals surface area contributed by atoms with Crippen molar-refractivity contribution in [2.75, 3.05) is 13.6 Å². The van der Waals surface area contributed by atoms with Crippen LogP contribution in [0.1, 0.15) is 6.92 Å². The zero-order valence-electron chi connectivity index (χ0n) is 6.35. The van der Waals surface area contributed by atoms with E-state index in [4.69, 9.17) is 0 Å². The molecule has 0 rings (SSSR count). The SMILES string of the molecule is C=N/C(=C/C(C)=O)CNC. The topological polar surface area (TPSA) is 41.5 Å². The Hall–Kier alpha value is -0.960. The Kier molecular flexibility index (Phi) is 4.41. The molecular weight excluding hydrogens is 128 g/mol. The maximum absolute atomic E-state index is 10.5. The fourth-order valence-corrected chi connectivity index (χ4v) is 0.568. The maximum Gasteiger partial charge on any atom is 0.154 e. The van der Waals surface area contributed by atoms with E-state index in [-0.39, 0.29) is 5.78 Å². The Morgan fingerprint density at radius 2 is 2.40 bits per heavy atom. The van der Waals surface area contributed by atoms with Crippen LogP contribution in [0.2, 0.25) is 0 Å². The molecule has 0 aliphatic heterocycles. The Morgan fingerprint density at radius 1 is 1.80 bits per heavy atom. The summed E-state index contributed by atoms with van der Waals surface area (Å²) in [4.78, 5) is 14.1. The van der Waals surface area contributed by atoms with Gasteiger partial charge in [0.1, 0.15) is 0 Å². The summed E-state index contributed by atoms with van der Waals surface area (Å²) in [7, 11) is 1.79. The van der Waals surface area contributed by atoms with Crippen LogP contribution in [-0.2, 0) is 4.79 Å². The lowest BCUT2D eigenvalue weighted by Crippen LogP contribution is -2.09. The molecule has 0 unspecified atom stereocenters. The van der Waals surface area contributed by atoms with Gasteiger partial charge in [-0.1, -0.05) is 0 Å². The smallest absolute Gasteiger partial charge is 0.154 e. The van der Waals surface area contributed by atoms with Crippen LogP contribution in [0.3, 0.4) is 0 Å². The van der Waals surface area contributed by atoms with E-state index < -0.39 is 0 Å². The van der Waals surface area contributed by atoms with Gasteiger partial charge < -0.3 is 5.32 Å². The van der Waals surface area contributed by atoms with Crippen LogP contribution < -0.4 is 5.32 Å². The number of rotatable bonds is 4. The van der Waals surface area contributed by atoms with Crippen molar-refractivity contribution in [1.29, 1.82) is 0 Å². The summed E-state index contributed by atoms with van der Waals surface area (Å²) < 4.78 is 0. The summed E-state index contributed by atoms with van der Waals surface area (Å²) in [6.07, 6.45) is 1.46. The molecule has 0 saturated carbocycles. The summed E-state index contributed by atoms with van der Waals surface area (Å²) >= 11 is 0. The Balaban J connectivity index is 4.03. The van der Waals surface area contributed by atoms with Crippen LogP contribution in [0.15, 0.2) is 16.8 Å². The van der Waals surface area contributed by atoms with Gasteiger partial charge in [-0.25, -0.2) is 0 Å². The molecule has 1 N–H and O–H groups in total. The van der Waals surface area contributed by atoms with E-state index >= 15 is 0 Å². The van der Waals surface area contributed by atoms with Crippen LogP contribution in [0.5, 0.6) is 0 Å². The standard InChI is InChI=1S/C7H12N2O/c1-6(10)4-7(9-3)5-8-2/h4,8H,3,5H2,1-2H3/b7-4+. The molecule has 10 heavy (non-hydrogen) atoms. The van der Waals surface area contributed by atoms with Crippen molar-refractivity contribution in [3.05, 3.63) is 11.8 Å². The molecule has 0 radical (unpaired) electrons. The Labute approximate surface area is 60.8 Å². The van der Waals surface area contributed by atoms with E-state index in [2.05, 4.69) is 17.0 Å². The molecule has 0 aliphatic carbocycles. The molecule has 3 nitrogen and oxygen atoms in total. The van der Waals surface area contributed by atoms with Crippen molar-refractivity contribution in [2.45, 2.75) is 6.92 Å². The normalized spacial score (nSPS) is 11.2. The molecule has 0 saturated heterocycles. The summed E-state index contributed by atoms with van der Waals surface area (Å²) in [5, 5.41) is 2.87. The lowest BCUT2D eigenvalue weighted by molar-refractivity contribution is -0.112. The second kappa shape index (κ2) is 4.88. The number of nitrogens with one attached hydrogen (secondary N) is 1. The fraction of sp³-hybridized carbons (Fsp3) is 0.429. The van der Waals surface area contributed by atoms with Gasteiger partial charge in [0.05, 0.1) is 5.70 Å². The molecule has 0 atom stereocenters. The number of hydrogen-bond donors (Lipinski definition) is 1. The predicted molar refractivity (Wildman–Crippen MR) is 42.2 cm³/mol. The summed E-state index contributed by atoms with van der Waals surface area (Å²) in [5.41, 5.74) is 0.676. The molecule has 0 amide bonds. The van der Waals surface area contributed by atoms with E-state index in [0.717, 1.165) is 0 Å². The van der Waals surface area contributed by atoms with Gasteiger partial charge in [0.2, 0.25) is 0 Å². The van der Waals surface area contributed by atoms with Crippen LogP contribution in [-0.4, -0.2) is 26.1 Å². The predicted octanol–water partition coefficient (Wildman–Crippen LogP) is 0.379. The van der Waals surface area contributed by atoms with Gasteiger partial charge in [0, 0.05) is 12.6 Å². The molecule has 0 aromatic heterocycles. The highest BCUT2D eigenvalue weighted by molar-refractivity contribution is 5.88. The van der Waals surface area contributed by atoms with Crippen molar-refractivity contribution in [3.8, 4) is 0 Å². The third kappa shape index (κ3) is 3.97. The fourth-order valence-electron chi connectivity index (χ4n) is 0.568. The third-order valence-electron chi connectivity index (χ3n) is 0.931. The van der Waals surface area contributed by atoms with E-state index in [0.29, 0.717) is 12.2 Å². The Morgan fingerprint density at radius 3 is 2.70 bits per heavy atom. The third-order valence-corrected chi connectivity index (χ3v) is 0.931. The zero-order valence-corrected chi connectivity index (χ0v) is 6.35. The van der Waals surface area contributed by atoms with Gasteiger partial charge in [-0.15, -0.1) is 0 Å². The Bertz CT molecular complexity index is 161. The number of carbonyl (C=O) groups excluding carboxylic acids is 1. The minimum atomic E-state index is -0.00218. The minimum Gasteiger partial charge on any atom is -0.314 e. The molecule has 0 aromatic carbocycles. The molecule has 0 aromatic rings. The van der Waals surface area contributed by atoms with Gasteiger partial charge >= 0.3 is 0 Å². The summed E-state index contributed by atoms with van der Waals surface area (Å²) in [6, 6.07) is 0. The number of allylic oxidation sites excluding steroid dienone is 1. The number of likely N-dealkylation sites (N-methyl/N-ethyl adjacent to an activating group) is 1. The first-order valence-corrected chi connectivity index (χ1v) is 3.03. The average molecular weight is 140 g/mol. The van der Waals surface area contributed by atoms with Crippen molar-refractivity contribution in [3.63, 3.8) is 0 Å². The highest BCUT2D eigenvalue weighted by Gasteiger charge is 1.91. The molecule has 3 heteroatoms. The van der Waals surface area contributed by atoms with Crippen molar-refractivity contribution < 1.29 is 4.79 Å². The van der Waals surface area contributed by atoms with E-state index in [1.54, 1.807) is 7.05 Å². The van der Waals surface area contributed by atoms with Crippen molar-refractivity contribution in [2.24, 2.45) is 4.99 Å². The quantitative estimate of drug-likeness (QED) is 0.453. The monoisotopic (exact) mass is 140 g/mol. The number of carbonyl (C=O) groups is 1. The lowest BCUT2D eigenvalue weighted by atomic mass is 10.3. The van der Waals surface area contributed by atoms with Crippen molar-refractivity contribution >= 4 is 12.5 Å². The van der Waals surface area contributed by atoms with Gasteiger partial charge in [-0.2, -0.15) is 0 Å². The number of nitrogens with zero attached hydrogens (tertiary/aromatic N) is 1. The first-order valence-electron chi connectivity index (χ1n) is 3.03. The highest BCUT2D eigenvalue weighted by Crippen LogP contribution is 1.92. The van der Waals surface area contributed by atoms with Gasteiger partial charge in [-0.3, -0.25) is 9.79 Å². The molecule has 0 fully saturated rings. The molecule has 0 bridgehead atoms. The molecular formula is C7H12N2O. The second-order valence-corrected chi connectivity index (χ2v) is 1.93. The summed E-state index contributed by atoms with van der Waals surface area (Å²) in [5.74, 6) is -0.00218. The van der Waals surface area contributed by atoms with Crippen molar-refractivity contribution in [1.82, 2.24) is 5.32 Å². The zero-order chi connectivity index (χ0) is 7.98. The number of ketones is 1. The van der Waals surface area contributed by atoms with Gasteiger partial charge in [0.15, 0.2) is 5.78 Å². The minimum absolute atomic E-state index is 0.00218. The van der Waals surface area contributed by atoms with Crippen LogP contribution in [0.25, 0.3) is 0 Å². The van der Waals surface area contributed by atoms with E-state index in [9.17, 15) is 4.79 Å². The largest absolute Gasteiger partial charge is 0.314 e. The maximum atomic E-state index is 10.5. The average Bonchev–Trinajstić information content (AvgIpc) is 1.86. The van der Waals surface area contributed by atoms with Crippen LogP contribution >= 0.6 is 0 Å². The van der Waals surface area contributed by atoms with E-state index in [1.807, 2.05) is 0 Å².